The van der Waals surface area contributed by atoms with Crippen LogP contribution in [0.1, 0.15) is 36.1 Å². The van der Waals surface area contributed by atoms with Crippen LogP contribution in [0, 0.1) is 5.41 Å². The van der Waals surface area contributed by atoms with Crippen LogP contribution in [0.5, 0.6) is 11.5 Å². The zero-order valence-electron chi connectivity index (χ0n) is 25.6. The Morgan fingerprint density at radius 1 is 0.750 bits per heavy atom. The minimum atomic E-state index is -2.42. The second-order valence-electron chi connectivity index (χ2n) is 10.8. The maximum atomic E-state index is 13.4. The number of benzene rings is 4. The number of nitrogens with one attached hydrogen (secondary N) is 1. The van der Waals surface area contributed by atoms with Crippen LogP contribution in [0.2, 0.25) is 0 Å². The molecule has 0 saturated carbocycles. The largest absolute Gasteiger partial charge is 0.497 e. The molecule has 1 atom stereocenters. The highest BCUT2D eigenvalue weighted by Gasteiger charge is 2.41. The first-order chi connectivity index (χ1) is 21.3. The summed E-state index contributed by atoms with van der Waals surface area (Å²) in [6.45, 7) is 4.55. The van der Waals surface area contributed by atoms with Crippen LogP contribution in [0.4, 0.5) is 0 Å². The van der Waals surface area contributed by atoms with Crippen molar-refractivity contribution >= 4 is 25.1 Å². The Kier molecular flexibility index (Phi) is 12.2. The first-order valence-electron chi connectivity index (χ1n) is 14.4. The lowest BCUT2D eigenvalue weighted by atomic mass is 9.79. The third kappa shape index (κ3) is 8.62. The Morgan fingerprint density at radius 2 is 1.25 bits per heavy atom. The smallest absolute Gasteiger partial charge is 0.258 e. The van der Waals surface area contributed by atoms with Crippen molar-refractivity contribution in [3.05, 3.63) is 131 Å². The molecule has 1 N–H and O–H groups in total. The van der Waals surface area contributed by atoms with E-state index in [9.17, 15) is 9.36 Å². The number of rotatable bonds is 16. The third-order valence-corrected chi connectivity index (χ3v) is 9.32. The van der Waals surface area contributed by atoms with Crippen molar-refractivity contribution in [2.45, 2.75) is 26.0 Å². The molecule has 232 valence electrons. The molecule has 0 aliphatic rings. The minimum absolute atomic E-state index is 0.0376. The van der Waals surface area contributed by atoms with Crippen molar-refractivity contribution in [2.24, 2.45) is 5.41 Å². The fourth-order valence-corrected chi connectivity index (χ4v) is 6.39. The van der Waals surface area contributed by atoms with Gasteiger partial charge < -0.3 is 18.7 Å². The van der Waals surface area contributed by atoms with E-state index in [1.807, 2.05) is 123 Å². The molecule has 0 radical (unpaired) electrons. The second kappa shape index (κ2) is 16.1. The van der Waals surface area contributed by atoms with Crippen molar-refractivity contribution in [3.63, 3.8) is 0 Å². The van der Waals surface area contributed by atoms with Crippen molar-refractivity contribution in [3.8, 4) is 11.5 Å². The van der Waals surface area contributed by atoms with E-state index >= 15 is 0 Å². The van der Waals surface area contributed by atoms with E-state index in [0.717, 1.165) is 45.5 Å². The van der Waals surface area contributed by atoms with Gasteiger partial charge in [0.2, 0.25) is 0 Å². The predicted octanol–water partition coefficient (Wildman–Crippen LogP) is 7.49. The lowest BCUT2D eigenvalue weighted by Crippen LogP contribution is -2.38. The summed E-state index contributed by atoms with van der Waals surface area (Å²) in [4.78, 5) is 13.4. The molecule has 4 rings (SSSR count). The standard InChI is InChI=1S/C35H40NO6PS/c1-34(2,33(37)44-24-23-42-43(38)36-25-27-11-7-5-8-12-27)26-41-35(28-13-9-6-10-14-28,29-15-19-31(39-3)20-16-29)30-17-21-32(40-4)22-18-30/h5-22,43H,23-26H2,1-4H3,(H,36,38). The lowest BCUT2D eigenvalue weighted by molar-refractivity contribution is -0.124. The highest BCUT2D eigenvalue weighted by molar-refractivity contribution is 8.13. The van der Waals surface area contributed by atoms with Gasteiger partial charge in [-0.15, -0.1) is 0 Å². The van der Waals surface area contributed by atoms with Gasteiger partial charge in [-0.25, -0.2) is 5.09 Å². The van der Waals surface area contributed by atoms with Crippen LogP contribution in [0.25, 0.3) is 0 Å². The molecular weight excluding hydrogens is 593 g/mol. The van der Waals surface area contributed by atoms with E-state index in [2.05, 4.69) is 5.09 Å². The van der Waals surface area contributed by atoms with Crippen molar-refractivity contribution in [1.82, 2.24) is 5.09 Å². The Bertz CT molecular complexity index is 1430. The first kappa shape index (κ1) is 33.5. The van der Waals surface area contributed by atoms with Crippen molar-refractivity contribution in [1.29, 1.82) is 0 Å². The van der Waals surface area contributed by atoms with Gasteiger partial charge in [0.05, 0.1) is 32.8 Å². The number of hydrogen-bond donors (Lipinski definition) is 1. The molecule has 0 bridgehead atoms. The van der Waals surface area contributed by atoms with E-state index in [1.165, 1.54) is 0 Å². The van der Waals surface area contributed by atoms with E-state index in [0.29, 0.717) is 12.3 Å². The zero-order chi connectivity index (χ0) is 31.4. The highest BCUT2D eigenvalue weighted by Crippen LogP contribution is 2.43. The summed E-state index contributed by atoms with van der Waals surface area (Å²) in [5.41, 5.74) is 1.89. The topological polar surface area (TPSA) is 83.1 Å². The summed E-state index contributed by atoms with van der Waals surface area (Å²) in [6.07, 6.45) is 0. The second-order valence-corrected chi connectivity index (χ2v) is 13.1. The molecule has 0 amide bonds. The monoisotopic (exact) mass is 633 g/mol. The molecule has 4 aromatic carbocycles. The van der Waals surface area contributed by atoms with Gasteiger partial charge in [-0.1, -0.05) is 96.7 Å². The van der Waals surface area contributed by atoms with E-state index in [4.69, 9.17) is 18.7 Å². The molecule has 0 saturated heterocycles. The number of carbonyl (C=O) groups is 1. The Labute approximate surface area is 265 Å². The number of methoxy groups -OCH3 is 2. The Balaban J connectivity index is 1.48. The number of hydrogen-bond acceptors (Lipinski definition) is 7. The van der Waals surface area contributed by atoms with Gasteiger partial charge in [-0.05, 0) is 60.4 Å². The summed E-state index contributed by atoms with van der Waals surface area (Å²) >= 11 is 1.16. The van der Waals surface area contributed by atoms with E-state index < -0.39 is 19.2 Å². The van der Waals surface area contributed by atoms with Gasteiger partial charge in [0.1, 0.15) is 17.1 Å². The highest BCUT2D eigenvalue weighted by atomic mass is 32.2. The molecule has 0 aromatic heterocycles. The van der Waals surface area contributed by atoms with E-state index in [-0.39, 0.29) is 18.3 Å². The van der Waals surface area contributed by atoms with Gasteiger partial charge in [0.25, 0.3) is 8.18 Å². The molecule has 0 heterocycles. The number of carbonyl (C=O) groups excluding carboxylic acids is 1. The first-order valence-corrected chi connectivity index (χ1v) is 16.7. The number of ether oxygens (including phenoxy) is 3. The molecule has 1 unspecified atom stereocenters. The third-order valence-electron chi connectivity index (χ3n) is 7.20. The van der Waals surface area contributed by atoms with Crippen molar-refractivity contribution in [2.75, 3.05) is 33.2 Å². The summed E-state index contributed by atoms with van der Waals surface area (Å²) in [6, 6.07) is 35.3. The van der Waals surface area contributed by atoms with Gasteiger partial charge in [-0.2, -0.15) is 0 Å². The SMILES string of the molecule is COc1ccc(C(OCC(C)(C)C(=O)SCCO[PH](=O)NCc2ccccc2)(c2ccccc2)c2ccc(OC)cc2)cc1. The summed E-state index contributed by atoms with van der Waals surface area (Å²) in [7, 11) is 0.853. The lowest BCUT2D eigenvalue weighted by Gasteiger charge is -2.38. The number of thioether (sulfide) groups is 1. The van der Waals surface area contributed by atoms with Crippen LogP contribution in [-0.4, -0.2) is 38.3 Å². The van der Waals surface area contributed by atoms with Crippen molar-refractivity contribution < 1.29 is 28.1 Å². The molecule has 4 aromatic rings. The Morgan fingerprint density at radius 3 is 1.77 bits per heavy atom. The molecule has 0 fully saturated rings. The molecule has 0 spiro atoms. The van der Waals surface area contributed by atoms with Gasteiger partial charge in [-0.3, -0.25) is 9.36 Å². The molecular formula is C35H40NO6PS. The Hall–Kier alpha value is -3.39. The maximum Gasteiger partial charge on any atom is 0.258 e. The molecule has 0 aliphatic heterocycles. The quantitative estimate of drug-likeness (QED) is 0.0772. The fraction of sp³-hybridized carbons (Fsp3) is 0.286. The predicted molar refractivity (Wildman–Crippen MR) is 178 cm³/mol. The minimum Gasteiger partial charge on any atom is -0.497 e. The summed E-state index contributed by atoms with van der Waals surface area (Å²) in [5.74, 6) is 1.85. The maximum absolute atomic E-state index is 13.4. The summed E-state index contributed by atoms with van der Waals surface area (Å²) < 4.78 is 35.5. The average molecular weight is 634 g/mol. The van der Waals surface area contributed by atoms with Crippen LogP contribution < -0.4 is 14.6 Å². The molecule has 44 heavy (non-hydrogen) atoms. The zero-order valence-corrected chi connectivity index (χ0v) is 27.4. The normalized spacial score (nSPS) is 12.5. The van der Waals surface area contributed by atoms with Gasteiger partial charge >= 0.3 is 0 Å². The fourth-order valence-electron chi connectivity index (χ4n) is 4.71. The molecule has 0 aliphatic carbocycles. The summed E-state index contributed by atoms with van der Waals surface area (Å²) in [5, 5.41) is 2.87. The van der Waals surface area contributed by atoms with Crippen LogP contribution in [-0.2, 0) is 30.8 Å². The van der Waals surface area contributed by atoms with Gasteiger partial charge in [0, 0.05) is 12.3 Å². The van der Waals surface area contributed by atoms with E-state index in [1.54, 1.807) is 14.2 Å². The van der Waals surface area contributed by atoms with Gasteiger partial charge in [0.15, 0.2) is 5.12 Å². The average Bonchev–Trinajstić information content (AvgIpc) is 3.07. The molecule has 9 heteroatoms. The van der Waals surface area contributed by atoms with Crippen LogP contribution in [0.15, 0.2) is 109 Å². The van der Waals surface area contributed by atoms with Crippen LogP contribution >= 0.6 is 19.9 Å². The van der Waals surface area contributed by atoms with Crippen LogP contribution in [0.3, 0.4) is 0 Å². The molecule has 7 nitrogen and oxygen atoms in total.